The number of hydrogen-bond donors (Lipinski definition) is 0. The second-order valence-electron chi connectivity index (χ2n) is 2.34. The summed E-state index contributed by atoms with van der Waals surface area (Å²) in [5.74, 6) is 2.58. The highest BCUT2D eigenvalue weighted by Gasteiger charge is 1.98. The number of allylic oxidation sites excluding steroid dienone is 2. The van der Waals surface area contributed by atoms with Crippen LogP contribution >= 0.6 is 0 Å². The average molecular weight is 164 g/mol. The Kier molecular flexibility index (Phi) is 7.42. The molecule has 0 aliphatic rings. The van der Waals surface area contributed by atoms with Gasteiger partial charge in [0.2, 0.25) is 0 Å². The Balaban J connectivity index is 3.58. The molecule has 0 amide bonds. The van der Waals surface area contributed by atoms with Gasteiger partial charge in [0.25, 0.3) is 0 Å². The van der Waals surface area contributed by atoms with Crippen molar-refractivity contribution in [2.45, 2.75) is 25.9 Å². The van der Waals surface area contributed by atoms with Crippen molar-refractivity contribution in [2.75, 3.05) is 6.61 Å². The maximum atomic E-state index is 5.26. The van der Waals surface area contributed by atoms with E-state index in [4.69, 9.17) is 11.2 Å². The van der Waals surface area contributed by atoms with E-state index in [9.17, 15) is 0 Å². The molecule has 0 fully saturated rings. The van der Waals surface area contributed by atoms with Gasteiger partial charge in [0.15, 0.2) is 0 Å². The Morgan fingerprint density at radius 3 is 2.83 bits per heavy atom. The predicted octanol–water partition coefficient (Wildman–Crippen LogP) is 2.55. The molecule has 0 aliphatic carbocycles. The maximum absolute atomic E-state index is 5.26. The molecule has 1 nitrogen and oxygen atoms in total. The van der Waals surface area contributed by atoms with Gasteiger partial charge in [0.1, 0.15) is 6.10 Å². The molecule has 0 rings (SSSR count). The van der Waals surface area contributed by atoms with Gasteiger partial charge in [-0.2, -0.15) is 0 Å². The molecule has 0 radical (unpaired) electrons. The predicted molar refractivity (Wildman–Crippen MR) is 52.8 cm³/mol. The lowest BCUT2D eigenvalue weighted by Gasteiger charge is -2.06. The average Bonchev–Trinajstić information content (AvgIpc) is 2.10. The molecule has 1 unspecified atom stereocenters. The van der Waals surface area contributed by atoms with Gasteiger partial charge in [-0.15, -0.1) is 13.0 Å². The molecule has 1 heteroatoms. The fourth-order valence-corrected chi connectivity index (χ4v) is 0.798. The molecule has 0 N–H and O–H groups in total. The Hall–Kier alpha value is -1.00. The molecular formula is C11H16O. The zero-order chi connectivity index (χ0) is 9.23. The van der Waals surface area contributed by atoms with Crippen molar-refractivity contribution in [3.05, 3.63) is 24.8 Å². The first kappa shape index (κ1) is 11.0. The number of hydrogen-bond acceptors (Lipinski definition) is 1. The molecule has 0 bridgehead atoms. The topological polar surface area (TPSA) is 9.23 Å². The minimum atomic E-state index is -0.0731. The van der Waals surface area contributed by atoms with Gasteiger partial charge in [-0.05, 0) is 13.3 Å². The third-order valence-corrected chi connectivity index (χ3v) is 1.37. The highest BCUT2D eigenvalue weighted by atomic mass is 16.5. The fraction of sp³-hybridized carbons (Fsp3) is 0.455. The smallest absolute Gasteiger partial charge is 0.121 e. The first-order valence-corrected chi connectivity index (χ1v) is 4.18. The zero-order valence-electron chi connectivity index (χ0n) is 7.62. The summed E-state index contributed by atoms with van der Waals surface area (Å²) in [5, 5.41) is 0. The Labute approximate surface area is 75.1 Å². The number of terminal acetylenes is 1. The van der Waals surface area contributed by atoms with E-state index in [1.54, 1.807) is 0 Å². The van der Waals surface area contributed by atoms with Crippen LogP contribution in [0.4, 0.5) is 0 Å². The van der Waals surface area contributed by atoms with E-state index < -0.39 is 0 Å². The summed E-state index contributed by atoms with van der Waals surface area (Å²) in [7, 11) is 0. The molecule has 0 aromatic rings. The van der Waals surface area contributed by atoms with Gasteiger partial charge in [-0.3, -0.25) is 0 Å². The lowest BCUT2D eigenvalue weighted by molar-refractivity contribution is 0.105. The summed E-state index contributed by atoms with van der Waals surface area (Å²) >= 11 is 0. The molecule has 0 heterocycles. The molecule has 0 spiro atoms. The van der Waals surface area contributed by atoms with E-state index in [1.165, 1.54) is 0 Å². The minimum absolute atomic E-state index is 0.0731. The second-order valence-corrected chi connectivity index (χ2v) is 2.34. The Bertz CT molecular complexity index is 174. The van der Waals surface area contributed by atoms with E-state index in [0.29, 0.717) is 6.61 Å². The van der Waals surface area contributed by atoms with Crippen LogP contribution in [-0.2, 0) is 4.74 Å². The molecule has 0 saturated carbocycles. The van der Waals surface area contributed by atoms with Crippen LogP contribution in [0.25, 0.3) is 0 Å². The number of ether oxygens (including phenoxy) is 1. The van der Waals surface area contributed by atoms with Crippen molar-refractivity contribution in [3.63, 3.8) is 0 Å². The van der Waals surface area contributed by atoms with Crippen LogP contribution in [0.2, 0.25) is 0 Å². The zero-order valence-corrected chi connectivity index (χ0v) is 7.62. The van der Waals surface area contributed by atoms with Crippen LogP contribution < -0.4 is 0 Å². The van der Waals surface area contributed by atoms with Crippen LogP contribution in [0, 0.1) is 12.3 Å². The molecule has 0 aromatic heterocycles. The highest BCUT2D eigenvalue weighted by molar-refractivity contribution is 5.00. The van der Waals surface area contributed by atoms with E-state index in [0.717, 1.165) is 12.8 Å². The Morgan fingerprint density at radius 1 is 1.58 bits per heavy atom. The van der Waals surface area contributed by atoms with Crippen LogP contribution in [0.3, 0.4) is 0 Å². The lowest BCUT2D eigenvalue weighted by Crippen LogP contribution is -2.08. The molecule has 0 aliphatic heterocycles. The van der Waals surface area contributed by atoms with Gasteiger partial charge in [-0.1, -0.05) is 24.1 Å². The molecule has 1 atom stereocenters. The molecular weight excluding hydrogens is 148 g/mol. The summed E-state index contributed by atoms with van der Waals surface area (Å²) in [6, 6.07) is 0. The molecule has 0 saturated heterocycles. The van der Waals surface area contributed by atoms with Crippen molar-refractivity contribution in [1.82, 2.24) is 0 Å². The fourth-order valence-electron chi connectivity index (χ4n) is 0.798. The summed E-state index contributed by atoms with van der Waals surface area (Å²) in [6.45, 7) is 6.22. The quantitative estimate of drug-likeness (QED) is 0.433. The van der Waals surface area contributed by atoms with Gasteiger partial charge in [0.05, 0.1) is 0 Å². The van der Waals surface area contributed by atoms with E-state index in [-0.39, 0.29) is 6.10 Å². The second kappa shape index (κ2) is 8.10. The Morgan fingerprint density at radius 2 is 2.33 bits per heavy atom. The first-order valence-electron chi connectivity index (χ1n) is 4.18. The maximum Gasteiger partial charge on any atom is 0.121 e. The van der Waals surface area contributed by atoms with Crippen molar-refractivity contribution in [2.24, 2.45) is 0 Å². The molecule has 0 aromatic carbocycles. The summed E-state index contributed by atoms with van der Waals surface area (Å²) in [4.78, 5) is 0. The monoisotopic (exact) mass is 164 g/mol. The number of rotatable bonds is 6. The van der Waals surface area contributed by atoms with Gasteiger partial charge < -0.3 is 4.74 Å². The normalized spacial score (nSPS) is 12.7. The van der Waals surface area contributed by atoms with Gasteiger partial charge >= 0.3 is 0 Å². The highest BCUT2D eigenvalue weighted by Crippen LogP contribution is 1.98. The van der Waals surface area contributed by atoms with Crippen LogP contribution in [0.5, 0.6) is 0 Å². The molecule has 66 valence electrons. The summed E-state index contributed by atoms with van der Waals surface area (Å²) in [5.41, 5.74) is 0. The summed E-state index contributed by atoms with van der Waals surface area (Å²) < 4.78 is 5.26. The SMILES string of the molecule is C#CC(C/C=C/CC=C)OCC. The van der Waals surface area contributed by atoms with Crippen molar-refractivity contribution >= 4 is 0 Å². The van der Waals surface area contributed by atoms with Crippen molar-refractivity contribution in [1.29, 1.82) is 0 Å². The minimum Gasteiger partial charge on any atom is -0.365 e. The van der Waals surface area contributed by atoms with Crippen molar-refractivity contribution < 1.29 is 4.74 Å². The van der Waals surface area contributed by atoms with E-state index >= 15 is 0 Å². The third kappa shape index (κ3) is 5.76. The van der Waals surface area contributed by atoms with E-state index in [1.807, 2.05) is 25.2 Å². The standard InChI is InChI=1S/C11H16O/c1-4-7-8-9-10-11(5-2)12-6-3/h2,4,8-9,11H,1,6-7,10H2,3H3/b9-8+. The lowest BCUT2D eigenvalue weighted by atomic mass is 10.2. The summed E-state index contributed by atoms with van der Waals surface area (Å²) in [6.07, 6.45) is 12.8. The molecule has 12 heavy (non-hydrogen) atoms. The third-order valence-electron chi connectivity index (χ3n) is 1.37. The van der Waals surface area contributed by atoms with Crippen LogP contribution in [0.1, 0.15) is 19.8 Å². The van der Waals surface area contributed by atoms with Crippen molar-refractivity contribution in [3.8, 4) is 12.3 Å². The van der Waals surface area contributed by atoms with Crippen LogP contribution in [0.15, 0.2) is 24.8 Å². The van der Waals surface area contributed by atoms with E-state index in [2.05, 4.69) is 12.5 Å². The van der Waals surface area contributed by atoms with Gasteiger partial charge in [0, 0.05) is 13.0 Å². The van der Waals surface area contributed by atoms with Gasteiger partial charge in [-0.25, -0.2) is 0 Å². The first-order chi connectivity index (χ1) is 5.85. The van der Waals surface area contributed by atoms with Crippen LogP contribution in [-0.4, -0.2) is 12.7 Å². The largest absolute Gasteiger partial charge is 0.365 e.